The number of nitrogens with zero attached hydrogens (tertiary/aromatic N) is 2. The van der Waals surface area contributed by atoms with E-state index in [1.807, 2.05) is 30.3 Å². The molecule has 5 heteroatoms. The fraction of sp³-hybridized carbons (Fsp3) is 0.182. The summed E-state index contributed by atoms with van der Waals surface area (Å²) in [6, 6.07) is 18.0. The molecular formula is C22H22BrN3O. The van der Waals surface area contributed by atoms with E-state index in [0.29, 0.717) is 6.42 Å². The number of aromatic nitrogens is 1. The first-order valence-electron chi connectivity index (χ1n) is 8.77. The molecule has 0 fully saturated rings. The molecule has 4 nitrogen and oxygen atoms in total. The van der Waals surface area contributed by atoms with Gasteiger partial charge >= 0.3 is 0 Å². The molecule has 0 spiro atoms. The largest absolute Gasteiger partial charge is 0.318 e. The summed E-state index contributed by atoms with van der Waals surface area (Å²) >= 11 is 3.54. The Labute approximate surface area is 168 Å². The maximum atomic E-state index is 12.0. The molecule has 27 heavy (non-hydrogen) atoms. The molecule has 0 aliphatic carbocycles. The second-order valence-electron chi connectivity index (χ2n) is 6.55. The zero-order chi connectivity index (χ0) is 19.4. The number of halogens is 1. The van der Waals surface area contributed by atoms with E-state index in [9.17, 15) is 4.79 Å². The van der Waals surface area contributed by atoms with Gasteiger partial charge in [-0.3, -0.25) is 4.79 Å². The molecule has 0 saturated heterocycles. The van der Waals surface area contributed by atoms with Gasteiger partial charge in [0.25, 0.3) is 0 Å². The summed E-state index contributed by atoms with van der Waals surface area (Å²) < 4.78 is 3.28. The molecule has 0 radical (unpaired) electrons. The highest BCUT2D eigenvalue weighted by Gasteiger charge is 2.10. The summed E-state index contributed by atoms with van der Waals surface area (Å²) in [5.41, 5.74) is 9.04. The van der Waals surface area contributed by atoms with Crippen molar-refractivity contribution in [3.8, 4) is 5.69 Å². The lowest BCUT2D eigenvalue weighted by molar-refractivity contribution is -0.120. The van der Waals surface area contributed by atoms with Crippen LogP contribution in [0.3, 0.4) is 0 Å². The summed E-state index contributed by atoms with van der Waals surface area (Å²) in [6.45, 7) is 6.19. The zero-order valence-electron chi connectivity index (χ0n) is 15.7. The number of carbonyl (C=O) groups excluding carboxylic acids is 1. The fourth-order valence-electron chi connectivity index (χ4n) is 3.08. The first-order chi connectivity index (χ1) is 13.0. The van der Waals surface area contributed by atoms with E-state index in [2.05, 4.69) is 76.1 Å². The lowest BCUT2D eigenvalue weighted by Gasteiger charge is -2.11. The Morgan fingerprint density at radius 2 is 1.85 bits per heavy atom. The van der Waals surface area contributed by atoms with Crippen LogP contribution >= 0.6 is 15.9 Å². The number of amides is 1. The highest BCUT2D eigenvalue weighted by molar-refractivity contribution is 9.10. The van der Waals surface area contributed by atoms with Gasteiger partial charge in [-0.25, -0.2) is 5.43 Å². The summed E-state index contributed by atoms with van der Waals surface area (Å²) in [4.78, 5) is 12.0. The van der Waals surface area contributed by atoms with Crippen LogP contribution in [0.5, 0.6) is 0 Å². The van der Waals surface area contributed by atoms with E-state index < -0.39 is 0 Å². The Bertz CT molecular complexity index is 990. The maximum absolute atomic E-state index is 12.0. The standard InChI is InChI=1S/C22H22BrN3O/c1-15-11-20(9-10-21(15)23)26-16(2)12-19(17(26)3)14-24-25-22(27)13-18-7-5-4-6-8-18/h4-12,14H,13H2,1-3H3,(H,25,27)/b24-14+. The lowest BCUT2D eigenvalue weighted by atomic mass is 10.1. The van der Waals surface area contributed by atoms with Crippen LogP contribution in [0.1, 0.15) is 28.1 Å². The number of rotatable bonds is 5. The Kier molecular flexibility index (Phi) is 5.91. The smallest absolute Gasteiger partial charge is 0.244 e. The average Bonchev–Trinajstić information content (AvgIpc) is 2.92. The number of hydrogen-bond acceptors (Lipinski definition) is 2. The van der Waals surface area contributed by atoms with Crippen molar-refractivity contribution in [1.29, 1.82) is 0 Å². The molecule has 0 saturated carbocycles. The van der Waals surface area contributed by atoms with Crippen LogP contribution in [0.2, 0.25) is 0 Å². The molecule has 0 bridgehead atoms. The van der Waals surface area contributed by atoms with E-state index >= 15 is 0 Å². The van der Waals surface area contributed by atoms with Gasteiger partial charge in [-0.1, -0.05) is 46.3 Å². The van der Waals surface area contributed by atoms with E-state index in [-0.39, 0.29) is 5.91 Å². The number of nitrogens with one attached hydrogen (secondary N) is 1. The minimum atomic E-state index is -0.130. The number of hydrazone groups is 1. The highest BCUT2D eigenvalue weighted by Crippen LogP contribution is 2.24. The molecular weight excluding hydrogens is 402 g/mol. The molecule has 0 unspecified atom stereocenters. The molecule has 1 heterocycles. The molecule has 1 N–H and O–H groups in total. The summed E-state index contributed by atoms with van der Waals surface area (Å²) in [5.74, 6) is -0.130. The van der Waals surface area contributed by atoms with Crippen molar-refractivity contribution in [2.24, 2.45) is 5.10 Å². The maximum Gasteiger partial charge on any atom is 0.244 e. The Hall–Kier alpha value is -2.66. The molecule has 1 aromatic heterocycles. The van der Waals surface area contributed by atoms with Gasteiger partial charge in [0, 0.05) is 27.1 Å². The SMILES string of the molecule is Cc1cc(-n2c(C)cc(/C=N/NC(=O)Cc3ccccc3)c2C)ccc1Br. The van der Waals surface area contributed by atoms with Gasteiger partial charge in [0.1, 0.15) is 0 Å². The summed E-state index contributed by atoms with van der Waals surface area (Å²) in [5, 5.41) is 4.13. The van der Waals surface area contributed by atoms with Crippen molar-refractivity contribution < 1.29 is 4.79 Å². The Morgan fingerprint density at radius 3 is 2.56 bits per heavy atom. The third-order valence-electron chi connectivity index (χ3n) is 4.47. The lowest BCUT2D eigenvalue weighted by Crippen LogP contribution is -2.19. The van der Waals surface area contributed by atoms with Crippen LogP contribution in [0, 0.1) is 20.8 Å². The zero-order valence-corrected chi connectivity index (χ0v) is 17.2. The second-order valence-corrected chi connectivity index (χ2v) is 7.41. The van der Waals surface area contributed by atoms with Crippen LogP contribution in [0.4, 0.5) is 0 Å². The highest BCUT2D eigenvalue weighted by atomic mass is 79.9. The summed E-state index contributed by atoms with van der Waals surface area (Å²) in [7, 11) is 0. The van der Waals surface area contributed by atoms with Crippen molar-refractivity contribution in [3.63, 3.8) is 0 Å². The van der Waals surface area contributed by atoms with Crippen molar-refractivity contribution in [1.82, 2.24) is 9.99 Å². The predicted octanol–water partition coefficient (Wildman–Crippen LogP) is 4.86. The van der Waals surface area contributed by atoms with Crippen molar-refractivity contribution >= 4 is 28.1 Å². The van der Waals surface area contributed by atoms with Crippen LogP contribution in [0.25, 0.3) is 5.69 Å². The van der Waals surface area contributed by atoms with Gasteiger partial charge in [0.2, 0.25) is 5.91 Å². The van der Waals surface area contributed by atoms with Crippen molar-refractivity contribution in [2.75, 3.05) is 0 Å². The van der Waals surface area contributed by atoms with E-state index in [1.165, 1.54) is 5.56 Å². The average molecular weight is 424 g/mol. The number of aryl methyl sites for hydroxylation is 2. The van der Waals surface area contributed by atoms with Crippen LogP contribution in [0.15, 0.2) is 64.2 Å². The fourth-order valence-corrected chi connectivity index (χ4v) is 3.32. The molecule has 1 amide bonds. The molecule has 2 aromatic carbocycles. The van der Waals surface area contributed by atoms with Crippen LogP contribution in [-0.2, 0) is 11.2 Å². The van der Waals surface area contributed by atoms with E-state index in [0.717, 1.165) is 32.7 Å². The van der Waals surface area contributed by atoms with Crippen molar-refractivity contribution in [3.05, 3.63) is 87.1 Å². The molecule has 138 valence electrons. The molecule has 0 aliphatic rings. The molecule has 3 aromatic rings. The number of carbonyl (C=O) groups is 1. The predicted molar refractivity (Wildman–Crippen MR) is 114 cm³/mol. The van der Waals surface area contributed by atoms with Crippen LogP contribution < -0.4 is 5.43 Å². The van der Waals surface area contributed by atoms with Gasteiger partial charge in [-0.05, 0) is 56.2 Å². The van der Waals surface area contributed by atoms with Gasteiger partial charge in [-0.15, -0.1) is 0 Å². The normalized spacial score (nSPS) is 11.1. The minimum absolute atomic E-state index is 0.130. The van der Waals surface area contributed by atoms with E-state index in [1.54, 1.807) is 6.21 Å². The third kappa shape index (κ3) is 4.55. The third-order valence-corrected chi connectivity index (χ3v) is 5.36. The van der Waals surface area contributed by atoms with Gasteiger partial charge < -0.3 is 4.57 Å². The second kappa shape index (κ2) is 8.35. The van der Waals surface area contributed by atoms with Crippen LogP contribution in [-0.4, -0.2) is 16.7 Å². The summed E-state index contributed by atoms with van der Waals surface area (Å²) in [6.07, 6.45) is 2.02. The molecule has 0 atom stereocenters. The first-order valence-corrected chi connectivity index (χ1v) is 9.56. The van der Waals surface area contributed by atoms with E-state index in [4.69, 9.17) is 0 Å². The van der Waals surface area contributed by atoms with Gasteiger partial charge in [0.15, 0.2) is 0 Å². The van der Waals surface area contributed by atoms with Crippen molar-refractivity contribution in [2.45, 2.75) is 27.2 Å². The van der Waals surface area contributed by atoms with Gasteiger partial charge in [0.05, 0.1) is 12.6 Å². The van der Waals surface area contributed by atoms with Gasteiger partial charge in [-0.2, -0.15) is 5.10 Å². The number of benzene rings is 2. The monoisotopic (exact) mass is 423 g/mol. The minimum Gasteiger partial charge on any atom is -0.318 e. The Morgan fingerprint density at radius 1 is 1.11 bits per heavy atom. The molecule has 0 aliphatic heterocycles. The quantitative estimate of drug-likeness (QED) is 0.462. The number of hydrogen-bond donors (Lipinski definition) is 1. The first kappa shape index (κ1) is 19.1. The molecule has 3 rings (SSSR count). The topological polar surface area (TPSA) is 46.4 Å². The Balaban J connectivity index is 1.73.